The van der Waals surface area contributed by atoms with Gasteiger partial charge in [-0.15, -0.1) is 0 Å². The number of aromatic hydroxyl groups is 2. The molecule has 3 rings (SSSR count). The second-order valence-corrected chi connectivity index (χ2v) is 4.45. The molecular weight excluding hydrogens is 271 g/mol. The molecule has 1 aromatic heterocycles. The van der Waals surface area contributed by atoms with Crippen LogP contribution in [0.5, 0.6) is 11.5 Å². The molecule has 1 heterocycles. The van der Waals surface area contributed by atoms with Gasteiger partial charge in [-0.1, -0.05) is 11.6 Å². The summed E-state index contributed by atoms with van der Waals surface area (Å²) in [6.07, 6.45) is 0. The van der Waals surface area contributed by atoms with Gasteiger partial charge in [-0.3, -0.25) is 0 Å². The van der Waals surface area contributed by atoms with Gasteiger partial charge in [0.05, 0.1) is 21.6 Å². The fourth-order valence-corrected chi connectivity index (χ4v) is 2.12. The molecule has 6 heteroatoms. The monoisotopic (exact) mass is 278 g/mol. The Hall–Kier alpha value is -2.27. The predicted molar refractivity (Wildman–Crippen MR) is 69.4 cm³/mol. The largest absolute Gasteiger partial charge is 0.508 e. The van der Waals surface area contributed by atoms with Crippen molar-refractivity contribution in [2.45, 2.75) is 0 Å². The molecule has 0 fully saturated rings. The molecule has 2 aromatic carbocycles. The third-order valence-electron chi connectivity index (χ3n) is 2.76. The highest BCUT2D eigenvalue weighted by Gasteiger charge is 2.15. The van der Waals surface area contributed by atoms with Crippen molar-refractivity contribution in [2.24, 2.45) is 0 Å². The molecule has 0 radical (unpaired) electrons. The van der Waals surface area contributed by atoms with E-state index in [0.717, 1.165) is 4.68 Å². The number of nitrogens with zero attached hydrogens (tertiary/aromatic N) is 2. The molecule has 0 aliphatic rings. The summed E-state index contributed by atoms with van der Waals surface area (Å²) < 4.78 is 15.3. The van der Waals surface area contributed by atoms with Crippen molar-refractivity contribution in [3.05, 3.63) is 47.4 Å². The molecule has 0 unspecified atom stereocenters. The van der Waals surface area contributed by atoms with Crippen molar-refractivity contribution in [1.29, 1.82) is 0 Å². The average molecular weight is 279 g/mol. The molecule has 96 valence electrons. The summed E-state index contributed by atoms with van der Waals surface area (Å²) in [5, 5.41) is 23.1. The van der Waals surface area contributed by atoms with Crippen LogP contribution in [-0.4, -0.2) is 20.0 Å². The summed E-state index contributed by atoms with van der Waals surface area (Å²) in [7, 11) is 0. The van der Waals surface area contributed by atoms with E-state index in [0.29, 0.717) is 11.2 Å². The Balaban J connectivity index is 2.28. The summed E-state index contributed by atoms with van der Waals surface area (Å²) in [5.41, 5.74) is 0.715. The van der Waals surface area contributed by atoms with E-state index in [4.69, 9.17) is 11.6 Å². The van der Waals surface area contributed by atoms with Crippen molar-refractivity contribution in [2.75, 3.05) is 0 Å². The van der Waals surface area contributed by atoms with E-state index in [2.05, 4.69) is 5.10 Å². The maximum atomic E-state index is 14.2. The Labute approximate surface area is 112 Å². The van der Waals surface area contributed by atoms with E-state index in [-0.39, 0.29) is 21.9 Å². The van der Waals surface area contributed by atoms with Crippen LogP contribution in [-0.2, 0) is 0 Å². The summed E-state index contributed by atoms with van der Waals surface area (Å²) in [6, 6.07) is 8.40. The van der Waals surface area contributed by atoms with Gasteiger partial charge in [0.25, 0.3) is 0 Å². The van der Waals surface area contributed by atoms with Crippen molar-refractivity contribution >= 4 is 22.5 Å². The van der Waals surface area contributed by atoms with Gasteiger partial charge in [-0.05, 0) is 30.3 Å². The Morgan fingerprint density at radius 3 is 2.47 bits per heavy atom. The zero-order valence-electron chi connectivity index (χ0n) is 9.51. The average Bonchev–Trinajstić information content (AvgIpc) is 2.67. The molecule has 0 saturated heterocycles. The number of phenols is 2. The molecule has 0 bridgehead atoms. The molecule has 3 aromatic rings. The lowest BCUT2D eigenvalue weighted by molar-refractivity contribution is 0.475. The number of halogens is 2. The van der Waals surface area contributed by atoms with Gasteiger partial charge in [0.1, 0.15) is 11.5 Å². The van der Waals surface area contributed by atoms with Crippen LogP contribution in [0.15, 0.2) is 36.4 Å². The summed E-state index contributed by atoms with van der Waals surface area (Å²) in [6.45, 7) is 0. The van der Waals surface area contributed by atoms with Crippen LogP contribution in [0, 0.1) is 5.95 Å². The first-order valence-corrected chi connectivity index (χ1v) is 5.80. The molecule has 0 aliphatic heterocycles. The molecule has 0 atom stereocenters. The Kier molecular flexibility index (Phi) is 2.57. The summed E-state index contributed by atoms with van der Waals surface area (Å²) in [4.78, 5) is 0. The normalized spacial score (nSPS) is 11.1. The number of hydrogen-bond acceptors (Lipinski definition) is 3. The lowest BCUT2D eigenvalue weighted by Gasteiger charge is -2.04. The van der Waals surface area contributed by atoms with Crippen LogP contribution in [0.4, 0.5) is 4.39 Å². The van der Waals surface area contributed by atoms with E-state index in [9.17, 15) is 14.6 Å². The SMILES string of the molecule is Oc1ccc(-n2nc3ccc(O)cc3c2F)c(Cl)c1. The Bertz CT molecular complexity index is 786. The zero-order valence-corrected chi connectivity index (χ0v) is 10.3. The van der Waals surface area contributed by atoms with Crippen molar-refractivity contribution in [3.63, 3.8) is 0 Å². The molecular formula is C13H8ClFN2O2. The summed E-state index contributed by atoms with van der Waals surface area (Å²) >= 11 is 5.96. The van der Waals surface area contributed by atoms with Gasteiger partial charge in [0.2, 0.25) is 5.95 Å². The van der Waals surface area contributed by atoms with Crippen LogP contribution < -0.4 is 0 Å². The molecule has 0 saturated carbocycles. The van der Waals surface area contributed by atoms with E-state index >= 15 is 0 Å². The van der Waals surface area contributed by atoms with Gasteiger partial charge in [-0.2, -0.15) is 9.49 Å². The Morgan fingerprint density at radius 1 is 1.05 bits per heavy atom. The number of benzene rings is 2. The predicted octanol–water partition coefficient (Wildman–Crippen LogP) is 3.23. The number of aromatic nitrogens is 2. The van der Waals surface area contributed by atoms with Gasteiger partial charge in [0, 0.05) is 6.07 Å². The minimum absolute atomic E-state index is 0.0106. The Morgan fingerprint density at radius 2 is 1.74 bits per heavy atom. The standard InChI is InChI=1S/C13H8ClFN2O2/c14-10-6-8(19)2-4-12(10)17-13(15)9-5-7(18)1-3-11(9)16-17/h1-6,18-19H. The third-order valence-corrected chi connectivity index (χ3v) is 3.06. The molecule has 2 N–H and O–H groups in total. The van der Waals surface area contributed by atoms with Gasteiger partial charge in [-0.25, -0.2) is 4.68 Å². The van der Waals surface area contributed by atoms with Crippen molar-refractivity contribution < 1.29 is 14.6 Å². The van der Waals surface area contributed by atoms with E-state index in [1.54, 1.807) is 0 Å². The fraction of sp³-hybridized carbons (Fsp3) is 0. The number of fused-ring (bicyclic) bond motifs is 1. The number of rotatable bonds is 1. The second-order valence-electron chi connectivity index (χ2n) is 4.04. The molecule has 19 heavy (non-hydrogen) atoms. The lowest BCUT2D eigenvalue weighted by atomic mass is 10.2. The quantitative estimate of drug-likeness (QED) is 0.718. The van der Waals surface area contributed by atoms with Crippen LogP contribution in [0.25, 0.3) is 16.6 Å². The zero-order chi connectivity index (χ0) is 13.6. The van der Waals surface area contributed by atoms with E-state index < -0.39 is 5.95 Å². The fourth-order valence-electron chi connectivity index (χ4n) is 1.87. The first-order chi connectivity index (χ1) is 9.06. The highest BCUT2D eigenvalue weighted by molar-refractivity contribution is 6.32. The van der Waals surface area contributed by atoms with Crippen LogP contribution in [0.1, 0.15) is 0 Å². The smallest absolute Gasteiger partial charge is 0.224 e. The summed E-state index contributed by atoms with van der Waals surface area (Å²) in [5.74, 6) is -0.676. The maximum Gasteiger partial charge on any atom is 0.224 e. The molecule has 0 spiro atoms. The van der Waals surface area contributed by atoms with Gasteiger partial charge >= 0.3 is 0 Å². The highest BCUT2D eigenvalue weighted by Crippen LogP contribution is 2.29. The lowest BCUT2D eigenvalue weighted by Crippen LogP contribution is -2.00. The first-order valence-electron chi connectivity index (χ1n) is 5.42. The first kappa shape index (κ1) is 11.8. The van der Waals surface area contributed by atoms with Crippen LogP contribution >= 0.6 is 11.6 Å². The third kappa shape index (κ3) is 1.88. The number of phenolic OH excluding ortho intramolecular Hbond substituents is 2. The van der Waals surface area contributed by atoms with Crippen molar-refractivity contribution in [1.82, 2.24) is 9.78 Å². The minimum atomic E-state index is -0.626. The van der Waals surface area contributed by atoms with Gasteiger partial charge in [0.15, 0.2) is 0 Å². The maximum absolute atomic E-state index is 14.2. The van der Waals surface area contributed by atoms with Crippen molar-refractivity contribution in [3.8, 4) is 17.2 Å². The van der Waals surface area contributed by atoms with Crippen LogP contribution in [0.3, 0.4) is 0 Å². The van der Waals surface area contributed by atoms with Gasteiger partial charge < -0.3 is 10.2 Å². The number of hydrogen-bond donors (Lipinski definition) is 2. The molecule has 4 nitrogen and oxygen atoms in total. The molecule has 0 aliphatic carbocycles. The minimum Gasteiger partial charge on any atom is -0.508 e. The van der Waals surface area contributed by atoms with E-state index in [1.165, 1.54) is 36.4 Å². The van der Waals surface area contributed by atoms with E-state index in [1.807, 2.05) is 0 Å². The highest BCUT2D eigenvalue weighted by atomic mass is 35.5. The topological polar surface area (TPSA) is 58.3 Å². The molecule has 0 amide bonds. The van der Waals surface area contributed by atoms with Crippen LogP contribution in [0.2, 0.25) is 5.02 Å². The second kappa shape index (κ2) is 4.13.